The molecule has 132 valence electrons. The van der Waals surface area contributed by atoms with E-state index < -0.39 is 15.1 Å². The number of carbonyl (C=O) groups excluding carboxylic acids is 1. The molecule has 0 radical (unpaired) electrons. The summed E-state index contributed by atoms with van der Waals surface area (Å²) < 4.78 is 29.7. The van der Waals surface area contributed by atoms with Crippen LogP contribution in [0.15, 0.2) is 24.3 Å². The Hall–Kier alpha value is -1.31. The van der Waals surface area contributed by atoms with Crippen LogP contribution in [0.4, 0.5) is 4.79 Å². The van der Waals surface area contributed by atoms with E-state index in [2.05, 4.69) is 5.32 Å². The molecule has 2 saturated heterocycles. The molecule has 0 spiro atoms. The summed E-state index contributed by atoms with van der Waals surface area (Å²) >= 11 is 5.88. The summed E-state index contributed by atoms with van der Waals surface area (Å²) in [6.45, 7) is 2.77. The average Bonchev–Trinajstić information content (AvgIpc) is 2.55. The molecule has 0 aliphatic carbocycles. The highest BCUT2D eigenvalue weighted by Crippen LogP contribution is 2.27. The summed E-state index contributed by atoms with van der Waals surface area (Å²) in [6, 6.07) is 6.56. The number of nitrogens with one attached hydrogen (secondary N) is 1. The van der Waals surface area contributed by atoms with Gasteiger partial charge >= 0.3 is 6.03 Å². The zero-order chi connectivity index (χ0) is 17.3. The Labute approximate surface area is 147 Å². The maximum absolute atomic E-state index is 12.7. The van der Waals surface area contributed by atoms with Crippen LogP contribution in [-0.2, 0) is 14.6 Å². The summed E-state index contributed by atoms with van der Waals surface area (Å²) in [7, 11) is -3.20. The average molecular weight is 373 g/mol. The van der Waals surface area contributed by atoms with Gasteiger partial charge in [-0.2, -0.15) is 0 Å². The first-order chi connectivity index (χ1) is 11.4. The normalized spacial score (nSPS) is 27.2. The third-order valence-corrected chi connectivity index (χ3v) is 7.09. The number of hydrogen-bond donors (Lipinski definition) is 1. The van der Waals surface area contributed by atoms with Gasteiger partial charge in [-0.3, -0.25) is 0 Å². The van der Waals surface area contributed by atoms with Gasteiger partial charge in [0.05, 0.1) is 24.4 Å². The van der Waals surface area contributed by atoms with Crippen LogP contribution in [0.2, 0.25) is 5.02 Å². The molecule has 24 heavy (non-hydrogen) atoms. The SMILES string of the molecule is C[C@@H](NC(=O)N1CCS(=O)(=O)C2COCCC21)c1ccc(Cl)cc1. The molecule has 2 aliphatic rings. The van der Waals surface area contributed by atoms with E-state index >= 15 is 0 Å². The van der Waals surface area contributed by atoms with Gasteiger partial charge in [0.1, 0.15) is 5.25 Å². The van der Waals surface area contributed by atoms with E-state index in [0.717, 1.165) is 5.56 Å². The van der Waals surface area contributed by atoms with E-state index in [1.807, 2.05) is 19.1 Å². The molecule has 2 fully saturated rings. The molecule has 3 rings (SSSR count). The molecule has 0 saturated carbocycles. The molecule has 0 aromatic heterocycles. The molecule has 1 aromatic carbocycles. The lowest BCUT2D eigenvalue weighted by Gasteiger charge is -2.43. The van der Waals surface area contributed by atoms with Crippen LogP contribution in [0.5, 0.6) is 0 Å². The second-order valence-electron chi connectivity index (χ2n) is 6.25. The van der Waals surface area contributed by atoms with Crippen molar-refractivity contribution >= 4 is 27.5 Å². The second kappa shape index (κ2) is 6.90. The predicted octanol–water partition coefficient (Wildman–Crippen LogP) is 2.00. The van der Waals surface area contributed by atoms with Gasteiger partial charge < -0.3 is 15.0 Å². The number of halogens is 1. The van der Waals surface area contributed by atoms with Crippen molar-refractivity contribution in [2.75, 3.05) is 25.5 Å². The number of urea groups is 1. The molecule has 2 heterocycles. The van der Waals surface area contributed by atoms with Crippen LogP contribution in [0, 0.1) is 0 Å². The number of fused-ring (bicyclic) bond motifs is 1. The number of amides is 2. The maximum Gasteiger partial charge on any atom is 0.318 e. The minimum Gasteiger partial charge on any atom is -0.380 e. The van der Waals surface area contributed by atoms with Gasteiger partial charge in [0.15, 0.2) is 9.84 Å². The van der Waals surface area contributed by atoms with Gasteiger partial charge in [-0.1, -0.05) is 23.7 Å². The van der Waals surface area contributed by atoms with Crippen molar-refractivity contribution < 1.29 is 17.9 Å². The molecule has 0 bridgehead atoms. The fourth-order valence-corrected chi connectivity index (χ4v) is 5.24. The van der Waals surface area contributed by atoms with E-state index in [-0.39, 0.29) is 37.0 Å². The van der Waals surface area contributed by atoms with Crippen molar-refractivity contribution in [3.8, 4) is 0 Å². The van der Waals surface area contributed by atoms with Gasteiger partial charge in [0, 0.05) is 18.2 Å². The highest BCUT2D eigenvalue weighted by atomic mass is 35.5. The van der Waals surface area contributed by atoms with Crippen molar-refractivity contribution in [1.29, 1.82) is 0 Å². The Morgan fingerprint density at radius 1 is 1.38 bits per heavy atom. The van der Waals surface area contributed by atoms with Gasteiger partial charge in [-0.25, -0.2) is 13.2 Å². The fourth-order valence-electron chi connectivity index (χ4n) is 3.30. The highest BCUT2D eigenvalue weighted by Gasteiger charge is 2.45. The predicted molar refractivity (Wildman–Crippen MR) is 91.9 cm³/mol. The number of sulfone groups is 1. The Bertz CT molecular complexity index is 707. The molecular formula is C16H21ClN2O4S. The monoisotopic (exact) mass is 372 g/mol. The van der Waals surface area contributed by atoms with Crippen LogP contribution in [0.1, 0.15) is 24.9 Å². The molecule has 6 nitrogen and oxygen atoms in total. The zero-order valence-electron chi connectivity index (χ0n) is 13.4. The zero-order valence-corrected chi connectivity index (χ0v) is 15.0. The first kappa shape index (κ1) is 17.5. The van der Waals surface area contributed by atoms with Crippen LogP contribution in [0.25, 0.3) is 0 Å². The quantitative estimate of drug-likeness (QED) is 0.861. The van der Waals surface area contributed by atoms with Crippen molar-refractivity contribution in [3.63, 3.8) is 0 Å². The summed E-state index contributed by atoms with van der Waals surface area (Å²) in [4.78, 5) is 14.3. The minimum absolute atomic E-state index is 0.0136. The minimum atomic E-state index is -3.20. The Kier molecular flexibility index (Phi) is 5.03. The third-order valence-electron chi connectivity index (χ3n) is 4.72. The van der Waals surface area contributed by atoms with Crippen molar-refractivity contribution in [1.82, 2.24) is 10.2 Å². The number of ether oxygens (including phenoxy) is 1. The molecule has 2 aliphatic heterocycles. The maximum atomic E-state index is 12.7. The molecule has 1 N–H and O–H groups in total. The van der Waals surface area contributed by atoms with E-state index in [1.54, 1.807) is 17.0 Å². The lowest BCUT2D eigenvalue weighted by molar-refractivity contribution is 0.0459. The lowest BCUT2D eigenvalue weighted by atomic mass is 10.1. The molecule has 3 atom stereocenters. The smallest absolute Gasteiger partial charge is 0.318 e. The Balaban J connectivity index is 1.71. The Morgan fingerprint density at radius 2 is 2.08 bits per heavy atom. The molecule has 2 amide bonds. The Morgan fingerprint density at radius 3 is 2.79 bits per heavy atom. The number of hydrogen-bond acceptors (Lipinski definition) is 4. The lowest BCUT2D eigenvalue weighted by Crippen LogP contribution is -2.62. The van der Waals surface area contributed by atoms with Gasteiger partial charge in [0.25, 0.3) is 0 Å². The second-order valence-corrected chi connectivity index (χ2v) is 9.03. The summed E-state index contributed by atoms with van der Waals surface area (Å²) in [6.07, 6.45) is 0.548. The van der Waals surface area contributed by atoms with Crippen LogP contribution in [-0.4, -0.2) is 56.2 Å². The molecule has 2 unspecified atom stereocenters. The molecular weight excluding hydrogens is 352 g/mol. The third kappa shape index (κ3) is 3.53. The number of rotatable bonds is 2. The molecule has 1 aromatic rings. The van der Waals surface area contributed by atoms with Crippen LogP contribution < -0.4 is 5.32 Å². The highest BCUT2D eigenvalue weighted by molar-refractivity contribution is 7.92. The summed E-state index contributed by atoms with van der Waals surface area (Å²) in [5.74, 6) is -0.0136. The first-order valence-corrected chi connectivity index (χ1v) is 10.1. The summed E-state index contributed by atoms with van der Waals surface area (Å²) in [5.41, 5.74) is 0.945. The number of nitrogens with zero attached hydrogens (tertiary/aromatic N) is 1. The van der Waals surface area contributed by atoms with E-state index in [0.29, 0.717) is 18.1 Å². The van der Waals surface area contributed by atoms with Crippen molar-refractivity contribution in [2.24, 2.45) is 0 Å². The number of carbonyl (C=O) groups is 1. The van der Waals surface area contributed by atoms with Crippen molar-refractivity contribution in [3.05, 3.63) is 34.9 Å². The largest absolute Gasteiger partial charge is 0.380 e. The first-order valence-electron chi connectivity index (χ1n) is 8.00. The topological polar surface area (TPSA) is 75.7 Å². The van der Waals surface area contributed by atoms with Gasteiger partial charge in [-0.05, 0) is 31.0 Å². The van der Waals surface area contributed by atoms with Crippen LogP contribution in [0.3, 0.4) is 0 Å². The van der Waals surface area contributed by atoms with Crippen molar-refractivity contribution in [2.45, 2.75) is 30.7 Å². The van der Waals surface area contributed by atoms with E-state index in [9.17, 15) is 13.2 Å². The number of benzene rings is 1. The fraction of sp³-hybridized carbons (Fsp3) is 0.562. The van der Waals surface area contributed by atoms with E-state index in [4.69, 9.17) is 16.3 Å². The molecule has 8 heteroatoms. The van der Waals surface area contributed by atoms with Crippen LogP contribution >= 0.6 is 11.6 Å². The van der Waals surface area contributed by atoms with E-state index in [1.165, 1.54) is 0 Å². The standard InChI is InChI=1S/C16H21ClN2O4S/c1-11(12-2-4-13(17)5-3-12)18-16(20)19-7-9-24(21,22)15-10-23-8-6-14(15)19/h2-5,11,14-15H,6-10H2,1H3,(H,18,20)/t11-,14?,15?/m1/s1. The summed E-state index contributed by atoms with van der Waals surface area (Å²) in [5, 5.41) is 2.98. The van der Waals surface area contributed by atoms with Gasteiger partial charge in [-0.15, -0.1) is 0 Å². The van der Waals surface area contributed by atoms with Gasteiger partial charge in [0.2, 0.25) is 0 Å².